The van der Waals surface area contributed by atoms with Gasteiger partial charge in [-0.05, 0) is 49.8 Å². The molecular weight excluding hydrogens is 312 g/mol. The molecule has 0 bridgehead atoms. The van der Waals surface area contributed by atoms with Crippen LogP contribution in [0.1, 0.15) is 41.5 Å². The number of anilines is 1. The van der Waals surface area contributed by atoms with Gasteiger partial charge < -0.3 is 14.6 Å². The van der Waals surface area contributed by atoms with Crippen molar-refractivity contribution >= 4 is 17.2 Å². The number of nitrogens with one attached hydrogen (secondary N) is 1. The van der Waals surface area contributed by atoms with E-state index in [1.165, 1.54) is 5.56 Å². The largest absolute Gasteiger partial charge is 0.321 e. The van der Waals surface area contributed by atoms with Gasteiger partial charge in [0, 0.05) is 18.4 Å². The minimum atomic E-state index is -0.183. The number of pyridine rings is 1. The smallest absolute Gasteiger partial charge is 0.276 e. The predicted octanol–water partition coefficient (Wildman–Crippen LogP) is 3.77. The lowest BCUT2D eigenvalue weighted by Gasteiger charge is -2.12. The summed E-state index contributed by atoms with van der Waals surface area (Å²) in [6, 6.07) is 13.8. The van der Waals surface area contributed by atoms with Crippen LogP contribution in [0.25, 0.3) is 5.65 Å². The molecule has 25 heavy (non-hydrogen) atoms. The third-order valence-corrected chi connectivity index (χ3v) is 4.15. The molecule has 2 aromatic heterocycles. The molecule has 0 saturated carbocycles. The first-order valence-electron chi connectivity index (χ1n) is 8.47. The highest BCUT2D eigenvalue weighted by Gasteiger charge is 2.19. The Hall–Kier alpha value is -2.66. The number of amides is 1. The molecule has 5 nitrogen and oxygen atoms in total. The summed E-state index contributed by atoms with van der Waals surface area (Å²) >= 11 is 0. The lowest BCUT2D eigenvalue weighted by Crippen LogP contribution is -2.19. The molecule has 0 unspecified atom stereocenters. The summed E-state index contributed by atoms with van der Waals surface area (Å²) in [5.74, 6) is 0.285. The van der Waals surface area contributed by atoms with Crippen LogP contribution in [0.2, 0.25) is 0 Å². The van der Waals surface area contributed by atoms with Gasteiger partial charge in [0.05, 0.1) is 5.69 Å². The zero-order chi connectivity index (χ0) is 18.0. The van der Waals surface area contributed by atoms with Gasteiger partial charge in [-0.15, -0.1) is 0 Å². The molecule has 3 rings (SSSR count). The molecule has 0 aliphatic heterocycles. The van der Waals surface area contributed by atoms with Gasteiger partial charge in [-0.1, -0.05) is 32.0 Å². The van der Waals surface area contributed by atoms with E-state index in [4.69, 9.17) is 0 Å². The van der Waals surface area contributed by atoms with E-state index in [0.29, 0.717) is 18.2 Å². The van der Waals surface area contributed by atoms with Gasteiger partial charge in [-0.25, -0.2) is 4.98 Å². The molecule has 0 aliphatic rings. The van der Waals surface area contributed by atoms with Crippen molar-refractivity contribution in [2.45, 2.75) is 26.3 Å². The average Bonchev–Trinajstić information content (AvgIpc) is 2.93. The zero-order valence-corrected chi connectivity index (χ0v) is 15.2. The second-order valence-electron chi connectivity index (χ2n) is 6.80. The molecule has 0 radical (unpaired) electrons. The number of fused-ring (bicyclic) bond motifs is 1. The number of carbonyl (C=O) groups is 1. The van der Waals surface area contributed by atoms with E-state index in [0.717, 1.165) is 17.0 Å². The highest BCUT2D eigenvalue weighted by atomic mass is 16.1. The van der Waals surface area contributed by atoms with Crippen molar-refractivity contribution in [1.29, 1.82) is 0 Å². The Bertz CT molecular complexity index is 878. The standard InChI is InChI=1S/C20H24N4O/c1-14(2)15-8-10-16(11-9-15)21-20(25)19-17(13-23(3)4)24-12-6-5-7-18(24)22-19/h5-12,14H,13H2,1-4H3,(H,21,25). The number of rotatable bonds is 5. The topological polar surface area (TPSA) is 49.6 Å². The van der Waals surface area contributed by atoms with E-state index < -0.39 is 0 Å². The maximum absolute atomic E-state index is 12.8. The monoisotopic (exact) mass is 336 g/mol. The van der Waals surface area contributed by atoms with Crippen molar-refractivity contribution in [3.63, 3.8) is 0 Å². The molecule has 0 fully saturated rings. The Balaban J connectivity index is 1.91. The van der Waals surface area contributed by atoms with E-state index in [-0.39, 0.29) is 5.91 Å². The van der Waals surface area contributed by atoms with Crippen LogP contribution in [0.4, 0.5) is 5.69 Å². The molecule has 0 atom stereocenters. The maximum atomic E-state index is 12.8. The summed E-state index contributed by atoms with van der Waals surface area (Å²) in [6.07, 6.45) is 1.94. The quantitative estimate of drug-likeness (QED) is 0.771. The number of carbonyl (C=O) groups excluding carboxylic acids is 1. The van der Waals surface area contributed by atoms with E-state index in [2.05, 4.69) is 24.1 Å². The number of imidazole rings is 1. The zero-order valence-electron chi connectivity index (χ0n) is 15.2. The minimum Gasteiger partial charge on any atom is -0.321 e. The van der Waals surface area contributed by atoms with Gasteiger partial charge >= 0.3 is 0 Å². The first-order chi connectivity index (χ1) is 12.0. The van der Waals surface area contributed by atoms with Crippen LogP contribution < -0.4 is 5.32 Å². The predicted molar refractivity (Wildman–Crippen MR) is 101 cm³/mol. The first kappa shape index (κ1) is 17.2. The summed E-state index contributed by atoms with van der Waals surface area (Å²) in [6.45, 7) is 4.94. The second kappa shape index (κ2) is 7.07. The molecule has 5 heteroatoms. The van der Waals surface area contributed by atoms with E-state index in [1.807, 2.05) is 72.1 Å². The second-order valence-corrected chi connectivity index (χ2v) is 6.80. The van der Waals surface area contributed by atoms with Crippen LogP contribution in [0.5, 0.6) is 0 Å². The fourth-order valence-electron chi connectivity index (χ4n) is 2.82. The molecule has 0 aliphatic carbocycles. The van der Waals surface area contributed by atoms with Gasteiger partial charge in [0.15, 0.2) is 5.69 Å². The molecule has 1 aromatic carbocycles. The van der Waals surface area contributed by atoms with Crippen LogP contribution in [-0.2, 0) is 6.54 Å². The number of hydrogen-bond donors (Lipinski definition) is 1. The molecule has 3 aromatic rings. The van der Waals surface area contributed by atoms with Crippen molar-refractivity contribution in [3.05, 3.63) is 65.6 Å². The summed E-state index contributed by atoms with van der Waals surface area (Å²) in [7, 11) is 3.96. The van der Waals surface area contributed by atoms with Crippen molar-refractivity contribution in [2.24, 2.45) is 0 Å². The Morgan fingerprint density at radius 1 is 1.16 bits per heavy atom. The van der Waals surface area contributed by atoms with E-state index in [1.54, 1.807) is 0 Å². The Labute approximate surface area is 148 Å². The fourth-order valence-corrected chi connectivity index (χ4v) is 2.82. The van der Waals surface area contributed by atoms with E-state index >= 15 is 0 Å². The third kappa shape index (κ3) is 3.72. The van der Waals surface area contributed by atoms with Crippen LogP contribution in [0.3, 0.4) is 0 Å². The summed E-state index contributed by atoms with van der Waals surface area (Å²) in [5, 5.41) is 2.97. The van der Waals surface area contributed by atoms with Gasteiger partial charge in [0.25, 0.3) is 5.91 Å². The molecule has 0 spiro atoms. The third-order valence-electron chi connectivity index (χ3n) is 4.15. The molecule has 130 valence electrons. The lowest BCUT2D eigenvalue weighted by molar-refractivity contribution is 0.102. The molecule has 2 heterocycles. The minimum absolute atomic E-state index is 0.183. The van der Waals surface area contributed by atoms with Gasteiger partial charge in [0.1, 0.15) is 5.65 Å². The average molecular weight is 336 g/mol. The van der Waals surface area contributed by atoms with Gasteiger partial charge in [0.2, 0.25) is 0 Å². The van der Waals surface area contributed by atoms with Gasteiger partial charge in [-0.3, -0.25) is 4.79 Å². The Morgan fingerprint density at radius 2 is 1.88 bits per heavy atom. The first-order valence-corrected chi connectivity index (χ1v) is 8.47. The summed E-state index contributed by atoms with van der Waals surface area (Å²) in [4.78, 5) is 19.4. The van der Waals surface area contributed by atoms with Crippen molar-refractivity contribution in [1.82, 2.24) is 14.3 Å². The van der Waals surface area contributed by atoms with Crippen molar-refractivity contribution in [3.8, 4) is 0 Å². The Morgan fingerprint density at radius 3 is 2.52 bits per heavy atom. The van der Waals surface area contributed by atoms with E-state index in [9.17, 15) is 4.79 Å². The molecule has 0 saturated heterocycles. The number of benzene rings is 1. The summed E-state index contributed by atoms with van der Waals surface area (Å²) in [5.41, 5.74) is 4.16. The SMILES string of the molecule is CC(C)c1ccc(NC(=O)c2nc3ccccn3c2CN(C)C)cc1. The molecule has 1 N–H and O–H groups in total. The normalized spacial score (nSPS) is 11.4. The van der Waals surface area contributed by atoms with Crippen molar-refractivity contribution < 1.29 is 4.79 Å². The number of nitrogens with zero attached hydrogens (tertiary/aromatic N) is 3. The lowest BCUT2D eigenvalue weighted by atomic mass is 10.0. The van der Waals surface area contributed by atoms with Crippen LogP contribution >= 0.6 is 0 Å². The summed E-state index contributed by atoms with van der Waals surface area (Å²) < 4.78 is 1.97. The Kier molecular flexibility index (Phi) is 4.86. The number of aromatic nitrogens is 2. The maximum Gasteiger partial charge on any atom is 0.276 e. The van der Waals surface area contributed by atoms with Crippen LogP contribution in [-0.4, -0.2) is 34.3 Å². The molecular formula is C20H24N4O. The highest BCUT2D eigenvalue weighted by molar-refractivity contribution is 6.04. The van der Waals surface area contributed by atoms with Gasteiger partial charge in [-0.2, -0.15) is 0 Å². The molecule has 1 amide bonds. The fraction of sp³-hybridized carbons (Fsp3) is 0.300. The van der Waals surface area contributed by atoms with Crippen LogP contribution in [0, 0.1) is 0 Å². The highest BCUT2D eigenvalue weighted by Crippen LogP contribution is 2.19. The number of hydrogen-bond acceptors (Lipinski definition) is 3. The van der Waals surface area contributed by atoms with Crippen LogP contribution in [0.15, 0.2) is 48.7 Å². The van der Waals surface area contributed by atoms with Crippen molar-refractivity contribution in [2.75, 3.05) is 19.4 Å².